The first-order valence-electron chi connectivity index (χ1n) is 7.23. The molecular formula is C17H15ClN4O2. The summed E-state index contributed by atoms with van der Waals surface area (Å²) in [5, 5.41) is 10.7. The SMILES string of the molecule is Cc1cccc(COc2ccc(Cl)cc2-c2n[nH]nc2C(N)=O)c1. The minimum absolute atomic E-state index is 0.0395. The van der Waals surface area contributed by atoms with Gasteiger partial charge in [-0.2, -0.15) is 15.4 Å². The Morgan fingerprint density at radius 2 is 2.08 bits per heavy atom. The van der Waals surface area contributed by atoms with Gasteiger partial charge < -0.3 is 10.5 Å². The summed E-state index contributed by atoms with van der Waals surface area (Å²) in [5.41, 5.74) is 8.42. The van der Waals surface area contributed by atoms with Gasteiger partial charge in [0.2, 0.25) is 0 Å². The molecule has 0 saturated heterocycles. The van der Waals surface area contributed by atoms with Gasteiger partial charge >= 0.3 is 0 Å². The van der Waals surface area contributed by atoms with Crippen molar-refractivity contribution in [2.24, 2.45) is 5.73 Å². The highest BCUT2D eigenvalue weighted by atomic mass is 35.5. The van der Waals surface area contributed by atoms with Crippen LogP contribution in [-0.2, 0) is 6.61 Å². The second-order valence-electron chi connectivity index (χ2n) is 5.30. The Kier molecular flexibility index (Phi) is 4.48. The zero-order valence-electron chi connectivity index (χ0n) is 12.9. The van der Waals surface area contributed by atoms with Gasteiger partial charge in [0.15, 0.2) is 5.69 Å². The van der Waals surface area contributed by atoms with E-state index in [1.165, 1.54) is 0 Å². The first-order chi connectivity index (χ1) is 11.5. The standard InChI is InChI=1S/C17H15ClN4O2/c1-10-3-2-4-11(7-10)9-24-14-6-5-12(18)8-13(14)15-16(17(19)23)21-22-20-15/h2-8H,9H2,1H3,(H2,19,23)(H,20,21,22). The van der Waals surface area contributed by atoms with E-state index in [2.05, 4.69) is 15.4 Å². The number of nitrogens with two attached hydrogens (primary N) is 1. The normalized spacial score (nSPS) is 10.6. The highest BCUT2D eigenvalue weighted by Gasteiger charge is 2.19. The summed E-state index contributed by atoms with van der Waals surface area (Å²) in [4.78, 5) is 11.5. The quantitative estimate of drug-likeness (QED) is 0.744. The molecule has 0 spiro atoms. The first kappa shape index (κ1) is 16.0. The number of carbonyl (C=O) groups is 1. The Bertz CT molecular complexity index is 892. The van der Waals surface area contributed by atoms with Crippen LogP contribution in [0.1, 0.15) is 21.6 Å². The minimum atomic E-state index is -0.677. The van der Waals surface area contributed by atoms with Crippen LogP contribution in [0, 0.1) is 6.92 Å². The van der Waals surface area contributed by atoms with Crippen LogP contribution in [0.5, 0.6) is 5.75 Å². The summed E-state index contributed by atoms with van der Waals surface area (Å²) < 4.78 is 5.90. The van der Waals surface area contributed by atoms with Crippen LogP contribution >= 0.6 is 11.6 Å². The third-order valence-corrected chi connectivity index (χ3v) is 3.69. The van der Waals surface area contributed by atoms with Gasteiger partial charge in [-0.25, -0.2) is 0 Å². The van der Waals surface area contributed by atoms with Crippen molar-refractivity contribution in [2.45, 2.75) is 13.5 Å². The number of nitrogens with one attached hydrogen (secondary N) is 1. The lowest BCUT2D eigenvalue weighted by Crippen LogP contribution is -2.13. The summed E-state index contributed by atoms with van der Waals surface area (Å²) in [5.74, 6) is -0.138. The van der Waals surface area contributed by atoms with Gasteiger partial charge in [0, 0.05) is 10.6 Å². The molecule has 122 valence electrons. The van der Waals surface area contributed by atoms with E-state index in [4.69, 9.17) is 22.1 Å². The van der Waals surface area contributed by atoms with Crippen molar-refractivity contribution in [3.05, 3.63) is 64.3 Å². The molecule has 0 unspecified atom stereocenters. The number of carbonyl (C=O) groups excluding carboxylic acids is 1. The van der Waals surface area contributed by atoms with Crippen LogP contribution < -0.4 is 10.5 Å². The van der Waals surface area contributed by atoms with Crippen LogP contribution in [0.4, 0.5) is 0 Å². The third-order valence-electron chi connectivity index (χ3n) is 3.45. The predicted octanol–water partition coefficient (Wildman–Crippen LogP) is 3.11. The van der Waals surface area contributed by atoms with Gasteiger partial charge in [-0.1, -0.05) is 41.4 Å². The van der Waals surface area contributed by atoms with Crippen LogP contribution in [0.3, 0.4) is 0 Å². The molecule has 7 heteroatoms. The van der Waals surface area contributed by atoms with Gasteiger partial charge in [-0.15, -0.1) is 0 Å². The lowest BCUT2D eigenvalue weighted by atomic mass is 10.1. The maximum Gasteiger partial charge on any atom is 0.271 e. The number of aryl methyl sites for hydroxylation is 1. The van der Waals surface area contributed by atoms with E-state index in [9.17, 15) is 4.79 Å². The Morgan fingerprint density at radius 1 is 1.25 bits per heavy atom. The molecule has 3 aromatic rings. The Balaban J connectivity index is 1.94. The van der Waals surface area contributed by atoms with Gasteiger partial charge in [0.25, 0.3) is 5.91 Å². The van der Waals surface area contributed by atoms with Crippen molar-refractivity contribution in [2.75, 3.05) is 0 Å². The lowest BCUT2D eigenvalue weighted by Gasteiger charge is -2.11. The number of aromatic nitrogens is 3. The molecule has 2 aromatic carbocycles. The van der Waals surface area contributed by atoms with E-state index < -0.39 is 5.91 Å². The predicted molar refractivity (Wildman–Crippen MR) is 90.9 cm³/mol. The monoisotopic (exact) mass is 342 g/mol. The molecule has 0 aliphatic carbocycles. The first-order valence-corrected chi connectivity index (χ1v) is 7.61. The molecule has 3 rings (SSSR count). The zero-order chi connectivity index (χ0) is 17.1. The number of hydrogen-bond acceptors (Lipinski definition) is 4. The Morgan fingerprint density at radius 3 is 2.83 bits per heavy atom. The zero-order valence-corrected chi connectivity index (χ0v) is 13.7. The van der Waals surface area contributed by atoms with Gasteiger partial charge in [0.1, 0.15) is 18.1 Å². The minimum Gasteiger partial charge on any atom is -0.488 e. The van der Waals surface area contributed by atoms with Crippen molar-refractivity contribution in [1.29, 1.82) is 0 Å². The molecule has 0 atom stereocenters. The summed E-state index contributed by atoms with van der Waals surface area (Å²) in [6.07, 6.45) is 0. The molecule has 1 aromatic heterocycles. The smallest absolute Gasteiger partial charge is 0.271 e. The molecule has 0 bridgehead atoms. The number of H-pyrrole nitrogens is 1. The molecule has 0 aliphatic rings. The lowest BCUT2D eigenvalue weighted by molar-refractivity contribution is 0.0996. The number of aromatic amines is 1. The fourth-order valence-electron chi connectivity index (χ4n) is 2.37. The molecule has 0 radical (unpaired) electrons. The van der Waals surface area contributed by atoms with Crippen LogP contribution in [0.15, 0.2) is 42.5 Å². The van der Waals surface area contributed by atoms with Crippen LogP contribution in [0.2, 0.25) is 5.02 Å². The third kappa shape index (κ3) is 3.38. The number of hydrogen-bond donors (Lipinski definition) is 2. The summed E-state index contributed by atoms with van der Waals surface area (Å²) in [6, 6.07) is 13.1. The maximum atomic E-state index is 11.5. The maximum absolute atomic E-state index is 11.5. The van der Waals surface area contributed by atoms with E-state index in [0.717, 1.165) is 11.1 Å². The molecule has 3 N–H and O–H groups in total. The highest BCUT2D eigenvalue weighted by molar-refractivity contribution is 6.31. The van der Waals surface area contributed by atoms with Gasteiger partial charge in [-0.05, 0) is 30.7 Å². The second kappa shape index (κ2) is 6.72. The molecule has 0 fully saturated rings. The van der Waals surface area contributed by atoms with Crippen molar-refractivity contribution >= 4 is 17.5 Å². The summed E-state index contributed by atoms with van der Waals surface area (Å²) in [6.45, 7) is 2.39. The van der Waals surface area contributed by atoms with Crippen LogP contribution in [-0.4, -0.2) is 21.3 Å². The summed E-state index contributed by atoms with van der Waals surface area (Å²) in [7, 11) is 0. The summed E-state index contributed by atoms with van der Waals surface area (Å²) >= 11 is 6.07. The molecule has 6 nitrogen and oxygen atoms in total. The van der Waals surface area contributed by atoms with E-state index >= 15 is 0 Å². The van der Waals surface area contributed by atoms with E-state index in [1.807, 2.05) is 31.2 Å². The van der Waals surface area contributed by atoms with Crippen molar-refractivity contribution < 1.29 is 9.53 Å². The highest BCUT2D eigenvalue weighted by Crippen LogP contribution is 2.33. The number of halogens is 1. The number of benzene rings is 2. The molecule has 0 aliphatic heterocycles. The molecule has 24 heavy (non-hydrogen) atoms. The Hall–Kier alpha value is -2.86. The largest absolute Gasteiger partial charge is 0.488 e. The Labute approximate surface area is 143 Å². The van der Waals surface area contributed by atoms with Gasteiger partial charge in [0.05, 0.1) is 0 Å². The fourth-order valence-corrected chi connectivity index (χ4v) is 2.54. The molecular weight excluding hydrogens is 328 g/mol. The number of amides is 1. The number of nitrogens with zero attached hydrogens (tertiary/aromatic N) is 2. The molecule has 0 saturated carbocycles. The van der Waals surface area contributed by atoms with E-state index in [1.54, 1.807) is 18.2 Å². The van der Waals surface area contributed by atoms with E-state index in [-0.39, 0.29) is 5.69 Å². The topological polar surface area (TPSA) is 93.9 Å². The van der Waals surface area contributed by atoms with Crippen molar-refractivity contribution in [1.82, 2.24) is 15.4 Å². The van der Waals surface area contributed by atoms with Crippen molar-refractivity contribution in [3.63, 3.8) is 0 Å². The van der Waals surface area contributed by atoms with Crippen LogP contribution in [0.25, 0.3) is 11.3 Å². The molecule has 1 heterocycles. The van der Waals surface area contributed by atoms with Crippen molar-refractivity contribution in [3.8, 4) is 17.0 Å². The number of rotatable bonds is 5. The van der Waals surface area contributed by atoms with Gasteiger partial charge in [-0.3, -0.25) is 4.79 Å². The average Bonchev–Trinajstić information content (AvgIpc) is 3.03. The second-order valence-corrected chi connectivity index (χ2v) is 5.74. The fraction of sp³-hybridized carbons (Fsp3) is 0.118. The molecule has 1 amide bonds. The number of ether oxygens (including phenoxy) is 1. The number of primary amides is 1. The average molecular weight is 343 g/mol. The van der Waals surface area contributed by atoms with E-state index in [0.29, 0.717) is 28.6 Å².